The van der Waals surface area contributed by atoms with Crippen LogP contribution in [-0.2, 0) is 14.1 Å². The minimum atomic E-state index is -1.12. The van der Waals surface area contributed by atoms with E-state index in [4.69, 9.17) is 9.31 Å². The van der Waals surface area contributed by atoms with Crippen LogP contribution in [0.25, 0.3) is 0 Å². The van der Waals surface area contributed by atoms with Crippen LogP contribution in [0, 0.1) is 17.2 Å². The van der Waals surface area contributed by atoms with Gasteiger partial charge in [-0.3, -0.25) is 9.69 Å². The number of benzene rings is 1. The third-order valence-corrected chi connectivity index (χ3v) is 7.92. The molecule has 2 saturated heterocycles. The fourth-order valence-corrected chi connectivity index (χ4v) is 5.37. The summed E-state index contributed by atoms with van der Waals surface area (Å²) in [6.07, 6.45) is 0.0678. The average molecular weight is 446 g/mol. The molecule has 0 unspecified atom stereocenters. The van der Waals surface area contributed by atoms with Crippen LogP contribution in [0.2, 0.25) is 0 Å². The van der Waals surface area contributed by atoms with E-state index in [2.05, 4.69) is 5.32 Å². The van der Waals surface area contributed by atoms with E-state index in [9.17, 15) is 14.7 Å². The highest BCUT2D eigenvalue weighted by Gasteiger charge is 2.72. The number of piperidine rings is 1. The molecule has 2 amide bonds. The SMILES string of the molecule is CC1(C)OB(c2cccc(NC(=O)[C@@H]3C[C@@H]4C[C@@]4(C(C)(C)C)N3C(=O)O)c2F)OC1(C)C. The lowest BCUT2D eigenvalue weighted by Crippen LogP contribution is -2.54. The summed E-state index contributed by atoms with van der Waals surface area (Å²) in [5.74, 6) is -1.03. The highest BCUT2D eigenvalue weighted by Crippen LogP contribution is 2.66. The summed E-state index contributed by atoms with van der Waals surface area (Å²) in [5.41, 5.74) is -1.93. The van der Waals surface area contributed by atoms with E-state index in [1.807, 2.05) is 48.5 Å². The van der Waals surface area contributed by atoms with Gasteiger partial charge in [0.05, 0.1) is 22.4 Å². The summed E-state index contributed by atoms with van der Waals surface area (Å²) in [4.78, 5) is 26.5. The van der Waals surface area contributed by atoms with Gasteiger partial charge in [0.1, 0.15) is 11.9 Å². The Labute approximate surface area is 188 Å². The van der Waals surface area contributed by atoms with Crippen LogP contribution >= 0.6 is 0 Å². The standard InChI is InChI=1S/C23H32BFN2O5/c1-20(2,3)23-12-13(23)11-16(27(23)19(29)30)18(28)26-15-10-8-9-14(17(15)25)24-31-21(4,5)22(6,7)32-24/h8-10,13,16H,11-12H2,1-7H3,(H,26,28)(H,29,30)/t13-,16+,23-/m1/s1. The summed E-state index contributed by atoms with van der Waals surface area (Å²) in [7, 11) is -0.907. The number of hydrogen-bond acceptors (Lipinski definition) is 4. The van der Waals surface area contributed by atoms with Gasteiger partial charge in [0.25, 0.3) is 0 Å². The van der Waals surface area contributed by atoms with Crippen molar-refractivity contribution in [2.45, 2.75) is 84.1 Å². The zero-order chi connectivity index (χ0) is 23.9. The van der Waals surface area contributed by atoms with Crippen molar-refractivity contribution in [1.82, 2.24) is 4.90 Å². The number of nitrogens with one attached hydrogen (secondary N) is 1. The molecule has 0 bridgehead atoms. The molecule has 32 heavy (non-hydrogen) atoms. The Bertz CT molecular complexity index is 960. The zero-order valence-corrected chi connectivity index (χ0v) is 19.8. The van der Waals surface area contributed by atoms with Crippen LogP contribution in [0.3, 0.4) is 0 Å². The number of carbonyl (C=O) groups is 2. The predicted molar refractivity (Wildman–Crippen MR) is 119 cm³/mol. The number of rotatable bonds is 3. The summed E-state index contributed by atoms with van der Waals surface area (Å²) < 4.78 is 27.3. The molecule has 3 atom stereocenters. The number of carboxylic acid groups (broad SMARTS) is 1. The highest BCUT2D eigenvalue weighted by molar-refractivity contribution is 6.62. The molecule has 1 aromatic rings. The first-order chi connectivity index (χ1) is 14.6. The lowest BCUT2D eigenvalue weighted by atomic mass is 9.78. The van der Waals surface area contributed by atoms with Crippen molar-refractivity contribution >= 4 is 30.3 Å². The second kappa shape index (κ2) is 6.94. The summed E-state index contributed by atoms with van der Waals surface area (Å²) in [6.45, 7) is 13.5. The number of halogens is 1. The van der Waals surface area contributed by atoms with Gasteiger partial charge in [0, 0.05) is 5.46 Å². The molecule has 3 fully saturated rings. The van der Waals surface area contributed by atoms with Gasteiger partial charge < -0.3 is 19.7 Å². The van der Waals surface area contributed by atoms with E-state index >= 15 is 4.39 Å². The topological polar surface area (TPSA) is 88.1 Å². The maximum Gasteiger partial charge on any atom is 0.497 e. The van der Waals surface area contributed by atoms with Gasteiger partial charge >= 0.3 is 13.2 Å². The Kier molecular flexibility index (Phi) is 5.00. The van der Waals surface area contributed by atoms with E-state index in [1.54, 1.807) is 12.1 Å². The quantitative estimate of drug-likeness (QED) is 0.693. The predicted octanol–water partition coefficient (Wildman–Crippen LogP) is 3.62. The first-order valence-corrected chi connectivity index (χ1v) is 11.1. The first-order valence-electron chi connectivity index (χ1n) is 11.1. The smallest absolute Gasteiger partial charge is 0.465 e. The van der Waals surface area contributed by atoms with Crippen LogP contribution in [0.15, 0.2) is 18.2 Å². The van der Waals surface area contributed by atoms with E-state index in [0.717, 1.165) is 6.42 Å². The van der Waals surface area contributed by atoms with Gasteiger partial charge in [-0.1, -0.05) is 32.9 Å². The van der Waals surface area contributed by atoms with Crippen molar-refractivity contribution in [3.05, 3.63) is 24.0 Å². The van der Waals surface area contributed by atoms with Gasteiger partial charge in [-0.2, -0.15) is 0 Å². The Morgan fingerprint density at radius 3 is 2.31 bits per heavy atom. The van der Waals surface area contributed by atoms with Crippen molar-refractivity contribution in [1.29, 1.82) is 0 Å². The molecule has 7 nitrogen and oxygen atoms in total. The lowest BCUT2D eigenvalue weighted by molar-refractivity contribution is -0.121. The van der Waals surface area contributed by atoms with Crippen molar-refractivity contribution < 1.29 is 28.4 Å². The number of amides is 2. The third-order valence-electron chi connectivity index (χ3n) is 7.92. The maximum absolute atomic E-state index is 15.4. The van der Waals surface area contributed by atoms with Crippen molar-refractivity contribution in [2.75, 3.05) is 5.32 Å². The van der Waals surface area contributed by atoms with Crippen LogP contribution in [-0.4, -0.2) is 51.9 Å². The normalized spacial score (nSPS) is 30.2. The second-order valence-corrected chi connectivity index (χ2v) is 11.3. The van der Waals surface area contributed by atoms with Gasteiger partial charge in [-0.15, -0.1) is 0 Å². The number of carbonyl (C=O) groups excluding carboxylic acids is 1. The second-order valence-electron chi connectivity index (χ2n) is 11.3. The summed E-state index contributed by atoms with van der Waals surface area (Å²) in [6, 6.07) is 3.79. The Balaban J connectivity index is 1.57. The fraction of sp³-hybridized carbons (Fsp3) is 0.652. The molecule has 2 N–H and O–H groups in total. The van der Waals surface area contributed by atoms with Gasteiger partial charge in [-0.25, -0.2) is 9.18 Å². The number of fused-ring (bicyclic) bond motifs is 1. The van der Waals surface area contributed by atoms with Crippen molar-refractivity contribution in [3.63, 3.8) is 0 Å². The molecule has 4 rings (SSSR count). The highest BCUT2D eigenvalue weighted by atomic mass is 19.1. The Morgan fingerprint density at radius 1 is 1.19 bits per heavy atom. The van der Waals surface area contributed by atoms with E-state index in [-0.39, 0.29) is 22.5 Å². The van der Waals surface area contributed by atoms with E-state index in [1.165, 1.54) is 11.0 Å². The average Bonchev–Trinajstić information content (AvgIpc) is 3.19. The van der Waals surface area contributed by atoms with Gasteiger partial charge in [0.2, 0.25) is 5.91 Å². The van der Waals surface area contributed by atoms with Crippen LogP contribution in [0.4, 0.5) is 14.9 Å². The Hall–Kier alpha value is -2.13. The zero-order valence-electron chi connectivity index (χ0n) is 19.8. The van der Waals surface area contributed by atoms with Gasteiger partial charge in [0.15, 0.2) is 0 Å². The third kappa shape index (κ3) is 3.24. The first kappa shape index (κ1) is 23.0. The number of nitrogens with zero attached hydrogens (tertiary/aromatic N) is 1. The molecule has 9 heteroatoms. The molecule has 0 spiro atoms. The molecular weight excluding hydrogens is 414 g/mol. The number of likely N-dealkylation sites (tertiary alicyclic amines) is 1. The molecule has 2 aliphatic heterocycles. The van der Waals surface area contributed by atoms with Crippen LogP contribution in [0.5, 0.6) is 0 Å². The van der Waals surface area contributed by atoms with E-state index < -0.39 is 47.7 Å². The fourth-order valence-electron chi connectivity index (χ4n) is 5.37. The van der Waals surface area contributed by atoms with Crippen LogP contribution in [0.1, 0.15) is 61.3 Å². The molecule has 1 aliphatic carbocycles. The van der Waals surface area contributed by atoms with Gasteiger partial charge in [-0.05, 0) is 57.9 Å². The molecule has 3 aliphatic rings. The molecule has 2 heterocycles. The number of anilines is 1. The van der Waals surface area contributed by atoms with Crippen molar-refractivity contribution in [2.24, 2.45) is 11.3 Å². The molecular formula is C23H32BFN2O5. The molecule has 1 aromatic carbocycles. The lowest BCUT2D eigenvalue weighted by Gasteiger charge is -2.39. The maximum atomic E-state index is 15.4. The largest absolute Gasteiger partial charge is 0.497 e. The minimum absolute atomic E-state index is 0.0158. The molecule has 0 radical (unpaired) electrons. The van der Waals surface area contributed by atoms with Crippen molar-refractivity contribution in [3.8, 4) is 0 Å². The van der Waals surface area contributed by atoms with Crippen LogP contribution < -0.4 is 10.8 Å². The number of hydrogen-bond donors (Lipinski definition) is 2. The molecule has 1 saturated carbocycles. The Morgan fingerprint density at radius 2 is 1.78 bits per heavy atom. The summed E-state index contributed by atoms with van der Waals surface area (Å²) in [5, 5.41) is 12.5. The minimum Gasteiger partial charge on any atom is -0.465 e. The van der Waals surface area contributed by atoms with E-state index in [0.29, 0.717) is 6.42 Å². The molecule has 0 aromatic heterocycles. The monoisotopic (exact) mass is 446 g/mol. The summed E-state index contributed by atoms with van der Waals surface area (Å²) >= 11 is 0. The molecule has 174 valence electrons.